The zero-order valence-electron chi connectivity index (χ0n) is 20.8. The van der Waals surface area contributed by atoms with Crippen LogP contribution >= 0.6 is 11.3 Å². The van der Waals surface area contributed by atoms with Crippen molar-refractivity contribution in [1.82, 2.24) is 9.29 Å². The average molecular weight is 546 g/mol. The van der Waals surface area contributed by atoms with Crippen LogP contribution in [0.1, 0.15) is 53.9 Å². The van der Waals surface area contributed by atoms with E-state index in [2.05, 4.69) is 10.3 Å². The highest BCUT2D eigenvalue weighted by Gasteiger charge is 2.28. The zero-order chi connectivity index (χ0) is 26.6. The molecule has 1 aliphatic rings. The molecule has 1 aliphatic carbocycles. The molecule has 1 heterocycles. The molecule has 0 unspecified atom stereocenters. The first kappa shape index (κ1) is 27.2. The number of hydrogen-bond donors (Lipinski definition) is 2. The van der Waals surface area contributed by atoms with Crippen molar-refractivity contribution in [2.75, 3.05) is 32.6 Å². The number of carbonyl (C=O) groups excluding carboxylic acids is 1. The van der Waals surface area contributed by atoms with Crippen molar-refractivity contribution in [2.24, 2.45) is 5.92 Å². The summed E-state index contributed by atoms with van der Waals surface area (Å²) in [6.45, 7) is 0.532. The quantitative estimate of drug-likeness (QED) is 0.362. The minimum Gasteiger partial charge on any atom is -0.478 e. The molecule has 0 bridgehead atoms. The molecule has 1 aromatic heterocycles. The van der Waals surface area contributed by atoms with Crippen LogP contribution in [0.3, 0.4) is 0 Å². The molecule has 0 aliphatic heterocycles. The number of methoxy groups -OCH3 is 1. The van der Waals surface area contributed by atoms with Crippen LogP contribution in [0, 0.1) is 5.92 Å². The number of amides is 1. The van der Waals surface area contributed by atoms with Crippen molar-refractivity contribution in [1.29, 1.82) is 0 Å². The van der Waals surface area contributed by atoms with Gasteiger partial charge in [-0.25, -0.2) is 18.2 Å². The first-order valence-electron chi connectivity index (χ1n) is 12.2. The molecule has 0 saturated heterocycles. The van der Waals surface area contributed by atoms with Gasteiger partial charge < -0.3 is 15.2 Å². The van der Waals surface area contributed by atoms with Gasteiger partial charge in [-0.05, 0) is 48.2 Å². The number of rotatable bonds is 11. The molecular formula is C26H31N3O6S2. The van der Waals surface area contributed by atoms with Crippen LogP contribution in [-0.2, 0) is 19.6 Å². The van der Waals surface area contributed by atoms with Gasteiger partial charge in [-0.3, -0.25) is 4.79 Å². The number of anilines is 1. The largest absolute Gasteiger partial charge is 0.478 e. The highest BCUT2D eigenvalue weighted by atomic mass is 32.2. The Labute approximate surface area is 220 Å². The van der Waals surface area contributed by atoms with Crippen molar-refractivity contribution in [3.8, 4) is 0 Å². The maximum Gasteiger partial charge on any atom is 0.335 e. The van der Waals surface area contributed by atoms with Crippen molar-refractivity contribution in [3.63, 3.8) is 0 Å². The van der Waals surface area contributed by atoms with E-state index in [9.17, 15) is 23.1 Å². The number of thiazole rings is 1. The lowest BCUT2D eigenvalue weighted by atomic mass is 9.87. The summed E-state index contributed by atoms with van der Waals surface area (Å²) in [6.07, 6.45) is 5.10. The van der Waals surface area contributed by atoms with Gasteiger partial charge in [0.2, 0.25) is 15.9 Å². The van der Waals surface area contributed by atoms with Gasteiger partial charge in [-0.1, -0.05) is 49.2 Å². The van der Waals surface area contributed by atoms with Crippen molar-refractivity contribution in [2.45, 2.75) is 42.9 Å². The standard InChI is InChI=1S/C26H31N3O6S2/c1-29(13-14-35-2)37(33,34)20-10-7-18(8-11-20)21(15-17-5-3-4-6-17)24(30)28-26-27-22-12-9-19(25(31)32)16-23(22)36-26/h7-12,16-17,21H,3-6,13-15H2,1-2H3,(H,31,32)(H,27,28,30)/t21-/m0/s1. The number of aromatic nitrogens is 1. The molecule has 0 radical (unpaired) electrons. The second-order valence-corrected chi connectivity index (χ2v) is 12.4. The maximum absolute atomic E-state index is 13.5. The van der Waals surface area contributed by atoms with Gasteiger partial charge in [-0.15, -0.1) is 0 Å². The van der Waals surface area contributed by atoms with E-state index in [1.807, 2.05) is 0 Å². The predicted molar refractivity (Wildman–Crippen MR) is 143 cm³/mol. The third-order valence-electron chi connectivity index (χ3n) is 6.83. The molecular weight excluding hydrogens is 514 g/mol. The van der Waals surface area contributed by atoms with Crippen LogP contribution in [0.15, 0.2) is 47.4 Å². The summed E-state index contributed by atoms with van der Waals surface area (Å²) >= 11 is 1.23. The molecule has 2 N–H and O–H groups in total. The van der Waals surface area contributed by atoms with Crippen LogP contribution in [0.5, 0.6) is 0 Å². The number of aromatic carboxylic acids is 1. The lowest BCUT2D eigenvalue weighted by molar-refractivity contribution is -0.118. The maximum atomic E-state index is 13.5. The summed E-state index contributed by atoms with van der Waals surface area (Å²) in [5.41, 5.74) is 1.53. The molecule has 1 amide bonds. The van der Waals surface area contributed by atoms with E-state index < -0.39 is 21.9 Å². The molecule has 3 aromatic rings. The van der Waals surface area contributed by atoms with Crippen LogP contribution in [0.25, 0.3) is 10.2 Å². The number of nitrogens with zero attached hydrogens (tertiary/aromatic N) is 2. The Balaban J connectivity index is 1.56. The first-order chi connectivity index (χ1) is 17.7. The Kier molecular flexibility index (Phi) is 8.58. The van der Waals surface area contributed by atoms with E-state index in [4.69, 9.17) is 4.74 Å². The topological polar surface area (TPSA) is 126 Å². The average Bonchev–Trinajstić information content (AvgIpc) is 3.54. The fraction of sp³-hybridized carbons (Fsp3) is 0.423. The summed E-state index contributed by atoms with van der Waals surface area (Å²) in [5.74, 6) is -1.27. The van der Waals surface area contributed by atoms with E-state index in [0.717, 1.165) is 31.2 Å². The molecule has 11 heteroatoms. The van der Waals surface area contributed by atoms with Crippen molar-refractivity contribution < 1.29 is 27.9 Å². The Hall–Kier alpha value is -2.86. The number of carbonyl (C=O) groups is 2. The number of nitrogens with one attached hydrogen (secondary N) is 1. The Bertz CT molecular complexity index is 1360. The van der Waals surface area contributed by atoms with Crippen LogP contribution in [-0.4, -0.2) is 62.0 Å². The number of ether oxygens (including phenoxy) is 1. The van der Waals surface area contributed by atoms with Gasteiger partial charge in [0, 0.05) is 20.7 Å². The number of fused-ring (bicyclic) bond motifs is 1. The van der Waals surface area contributed by atoms with E-state index in [0.29, 0.717) is 34.3 Å². The Morgan fingerprint density at radius 1 is 1.19 bits per heavy atom. The highest BCUT2D eigenvalue weighted by Crippen LogP contribution is 2.36. The normalized spacial score (nSPS) is 15.3. The molecule has 37 heavy (non-hydrogen) atoms. The van der Waals surface area contributed by atoms with Gasteiger partial charge in [0.15, 0.2) is 5.13 Å². The number of sulfonamides is 1. The minimum atomic E-state index is -3.67. The molecule has 2 aromatic carbocycles. The van der Waals surface area contributed by atoms with Gasteiger partial charge in [0.25, 0.3) is 0 Å². The highest BCUT2D eigenvalue weighted by molar-refractivity contribution is 7.89. The predicted octanol–water partition coefficient (Wildman–Crippen LogP) is 4.56. The molecule has 9 nitrogen and oxygen atoms in total. The second kappa shape index (κ2) is 11.7. The van der Waals surface area contributed by atoms with Crippen LogP contribution in [0.2, 0.25) is 0 Å². The fourth-order valence-electron chi connectivity index (χ4n) is 4.67. The smallest absolute Gasteiger partial charge is 0.335 e. The van der Waals surface area contributed by atoms with Gasteiger partial charge in [0.1, 0.15) is 0 Å². The number of carboxylic acids is 1. The SMILES string of the molecule is COCCN(C)S(=O)(=O)c1ccc([C@H](CC2CCCC2)C(=O)Nc2nc3ccc(C(=O)O)cc3s2)cc1. The van der Waals surface area contributed by atoms with E-state index in [1.54, 1.807) is 36.4 Å². The van der Waals surface area contributed by atoms with Gasteiger partial charge >= 0.3 is 5.97 Å². The number of hydrogen-bond acceptors (Lipinski definition) is 7. The fourth-order valence-corrected chi connectivity index (χ4v) is 6.73. The van der Waals surface area contributed by atoms with Crippen LogP contribution in [0.4, 0.5) is 5.13 Å². The molecule has 198 valence electrons. The molecule has 1 atom stereocenters. The zero-order valence-corrected chi connectivity index (χ0v) is 22.5. The first-order valence-corrected chi connectivity index (χ1v) is 14.4. The summed E-state index contributed by atoms with van der Waals surface area (Å²) in [7, 11) is -0.637. The van der Waals surface area contributed by atoms with Gasteiger partial charge in [0.05, 0.1) is 33.2 Å². The summed E-state index contributed by atoms with van der Waals surface area (Å²) in [5, 5.41) is 12.6. The monoisotopic (exact) mass is 545 g/mol. The molecule has 4 rings (SSSR count). The van der Waals surface area contributed by atoms with Gasteiger partial charge in [-0.2, -0.15) is 4.31 Å². The molecule has 1 fully saturated rings. The number of carboxylic acid groups (broad SMARTS) is 1. The summed E-state index contributed by atoms with van der Waals surface area (Å²) in [4.78, 5) is 29.4. The van der Waals surface area contributed by atoms with Crippen molar-refractivity contribution in [3.05, 3.63) is 53.6 Å². The summed E-state index contributed by atoms with van der Waals surface area (Å²) in [6, 6.07) is 11.2. The molecule has 1 saturated carbocycles. The minimum absolute atomic E-state index is 0.162. The third-order valence-corrected chi connectivity index (χ3v) is 9.63. The van der Waals surface area contributed by atoms with E-state index >= 15 is 0 Å². The van der Waals surface area contributed by atoms with E-state index in [1.165, 1.54) is 35.9 Å². The Morgan fingerprint density at radius 3 is 2.54 bits per heavy atom. The number of likely N-dealkylation sites (N-methyl/N-ethyl adjacent to an activating group) is 1. The van der Waals surface area contributed by atoms with Crippen molar-refractivity contribution >= 4 is 48.6 Å². The van der Waals surface area contributed by atoms with E-state index in [-0.39, 0.29) is 22.9 Å². The Morgan fingerprint density at radius 2 is 1.89 bits per heavy atom. The van der Waals surface area contributed by atoms with Crippen LogP contribution < -0.4 is 5.32 Å². The lowest BCUT2D eigenvalue weighted by Gasteiger charge is -2.21. The third kappa shape index (κ3) is 6.35. The second-order valence-electron chi connectivity index (χ2n) is 9.32. The summed E-state index contributed by atoms with van der Waals surface area (Å²) < 4.78 is 32.7. The molecule has 0 spiro atoms. The lowest BCUT2D eigenvalue weighted by Crippen LogP contribution is -2.30. The number of benzene rings is 2.